The van der Waals surface area contributed by atoms with Gasteiger partial charge < -0.3 is 4.74 Å². The molecule has 2 rings (SSSR count). The Morgan fingerprint density at radius 2 is 2.00 bits per heavy atom. The molecule has 1 fully saturated rings. The van der Waals surface area contributed by atoms with Crippen molar-refractivity contribution in [1.82, 2.24) is 4.72 Å². The van der Waals surface area contributed by atoms with Gasteiger partial charge in [-0.2, -0.15) is 0 Å². The first-order valence-electron chi connectivity index (χ1n) is 6.53. The van der Waals surface area contributed by atoms with E-state index in [2.05, 4.69) is 4.72 Å². The number of aryl methyl sites for hydroxylation is 1. The van der Waals surface area contributed by atoms with Gasteiger partial charge in [0.15, 0.2) is 0 Å². The molecule has 0 radical (unpaired) electrons. The number of benzene rings is 1. The maximum atomic E-state index is 12.3. The molecule has 0 heterocycles. The molecule has 4 nitrogen and oxygen atoms in total. The van der Waals surface area contributed by atoms with Crippen LogP contribution in [-0.4, -0.2) is 28.7 Å². The summed E-state index contributed by atoms with van der Waals surface area (Å²) in [4.78, 5) is 0.373. The largest absolute Gasteiger partial charge is 0.385 e. The predicted molar refractivity (Wildman–Crippen MR) is 74.5 cm³/mol. The zero-order valence-electron chi connectivity index (χ0n) is 11.5. The van der Waals surface area contributed by atoms with E-state index in [1.54, 1.807) is 19.2 Å². The molecule has 0 atom stereocenters. The zero-order valence-corrected chi connectivity index (χ0v) is 12.3. The summed E-state index contributed by atoms with van der Waals surface area (Å²) < 4.78 is 32.3. The molecule has 1 aliphatic carbocycles. The molecule has 0 bridgehead atoms. The van der Waals surface area contributed by atoms with Crippen LogP contribution in [0.25, 0.3) is 0 Å². The second-order valence-electron chi connectivity index (χ2n) is 5.33. The molecule has 1 saturated carbocycles. The Bertz CT molecular complexity index is 535. The molecule has 0 aliphatic heterocycles. The van der Waals surface area contributed by atoms with Crippen LogP contribution in [0.2, 0.25) is 0 Å². The molecule has 1 aliphatic rings. The number of sulfonamides is 1. The predicted octanol–water partition coefficient (Wildman–Crippen LogP) is 2.09. The van der Waals surface area contributed by atoms with E-state index in [-0.39, 0.29) is 5.41 Å². The smallest absolute Gasteiger partial charge is 0.240 e. The highest BCUT2D eigenvalue weighted by molar-refractivity contribution is 7.89. The third kappa shape index (κ3) is 3.55. The molecule has 1 aromatic rings. The Kier molecular flexibility index (Phi) is 4.28. The molecule has 0 amide bonds. The number of rotatable bonds is 7. The summed E-state index contributed by atoms with van der Waals surface area (Å²) >= 11 is 0. The maximum absolute atomic E-state index is 12.3. The number of ether oxygens (including phenoxy) is 1. The van der Waals surface area contributed by atoms with Gasteiger partial charge in [0.05, 0.1) is 4.90 Å². The van der Waals surface area contributed by atoms with E-state index < -0.39 is 10.0 Å². The van der Waals surface area contributed by atoms with Crippen molar-refractivity contribution in [3.63, 3.8) is 0 Å². The van der Waals surface area contributed by atoms with E-state index in [1.165, 1.54) is 0 Å². The van der Waals surface area contributed by atoms with Crippen LogP contribution in [0.15, 0.2) is 29.2 Å². The lowest BCUT2D eigenvalue weighted by Gasteiger charge is -2.16. The van der Waals surface area contributed by atoms with Crippen molar-refractivity contribution in [2.24, 2.45) is 5.41 Å². The van der Waals surface area contributed by atoms with Crippen LogP contribution in [0.4, 0.5) is 0 Å². The Hall–Kier alpha value is -0.910. The number of nitrogens with one attached hydrogen (secondary N) is 1. The molecule has 0 spiro atoms. The molecular weight excluding hydrogens is 262 g/mol. The van der Waals surface area contributed by atoms with Crippen LogP contribution in [-0.2, 0) is 14.8 Å². The van der Waals surface area contributed by atoms with E-state index in [0.29, 0.717) is 18.0 Å². The van der Waals surface area contributed by atoms with Crippen molar-refractivity contribution in [2.45, 2.75) is 31.1 Å². The first-order chi connectivity index (χ1) is 8.99. The topological polar surface area (TPSA) is 55.4 Å². The van der Waals surface area contributed by atoms with Crippen molar-refractivity contribution >= 4 is 10.0 Å². The molecule has 19 heavy (non-hydrogen) atoms. The second kappa shape index (κ2) is 5.61. The molecule has 1 N–H and O–H groups in total. The van der Waals surface area contributed by atoms with Crippen molar-refractivity contribution in [3.05, 3.63) is 29.8 Å². The van der Waals surface area contributed by atoms with Crippen molar-refractivity contribution in [1.29, 1.82) is 0 Å². The highest BCUT2D eigenvalue weighted by Gasteiger charge is 2.42. The van der Waals surface area contributed by atoms with E-state index in [1.807, 2.05) is 19.1 Å². The van der Waals surface area contributed by atoms with Gasteiger partial charge in [-0.3, -0.25) is 0 Å². The SMILES string of the molecule is COCCC1(CNS(=O)(=O)c2ccccc2C)CC1. The van der Waals surface area contributed by atoms with Gasteiger partial charge in [-0.1, -0.05) is 18.2 Å². The summed E-state index contributed by atoms with van der Waals surface area (Å²) in [6.07, 6.45) is 3.07. The van der Waals surface area contributed by atoms with E-state index in [0.717, 1.165) is 24.8 Å². The first kappa shape index (κ1) is 14.5. The summed E-state index contributed by atoms with van der Waals surface area (Å²) in [5.41, 5.74) is 0.892. The van der Waals surface area contributed by atoms with Crippen LogP contribution >= 0.6 is 0 Å². The van der Waals surface area contributed by atoms with Crippen molar-refractivity contribution < 1.29 is 13.2 Å². The fraction of sp³-hybridized carbons (Fsp3) is 0.571. The fourth-order valence-electron chi connectivity index (χ4n) is 2.19. The van der Waals surface area contributed by atoms with Gasteiger partial charge in [-0.25, -0.2) is 13.1 Å². The summed E-state index contributed by atoms with van der Waals surface area (Å²) in [5, 5.41) is 0. The highest BCUT2D eigenvalue weighted by atomic mass is 32.2. The summed E-state index contributed by atoms with van der Waals surface area (Å²) in [7, 11) is -1.73. The Labute approximate surface area is 115 Å². The molecular formula is C14H21NO3S. The van der Waals surface area contributed by atoms with E-state index in [4.69, 9.17) is 4.74 Å². The second-order valence-corrected chi connectivity index (χ2v) is 7.07. The van der Waals surface area contributed by atoms with Gasteiger partial charge in [0, 0.05) is 20.3 Å². The van der Waals surface area contributed by atoms with E-state index >= 15 is 0 Å². The molecule has 1 aromatic carbocycles. The molecule has 0 aromatic heterocycles. The number of methoxy groups -OCH3 is 1. The Morgan fingerprint density at radius 1 is 1.32 bits per heavy atom. The van der Waals surface area contributed by atoms with Gasteiger partial charge >= 0.3 is 0 Å². The van der Waals surface area contributed by atoms with Gasteiger partial charge in [-0.15, -0.1) is 0 Å². The Balaban J connectivity index is 2.01. The molecule has 0 saturated heterocycles. The first-order valence-corrected chi connectivity index (χ1v) is 8.02. The van der Waals surface area contributed by atoms with Crippen LogP contribution in [0.1, 0.15) is 24.8 Å². The number of hydrogen-bond acceptors (Lipinski definition) is 3. The van der Waals surface area contributed by atoms with Crippen molar-refractivity contribution in [3.8, 4) is 0 Å². The van der Waals surface area contributed by atoms with Crippen LogP contribution in [0, 0.1) is 12.3 Å². The van der Waals surface area contributed by atoms with Crippen molar-refractivity contribution in [2.75, 3.05) is 20.3 Å². The standard InChI is InChI=1S/C14H21NO3S/c1-12-5-3-4-6-13(12)19(16,17)15-11-14(7-8-14)9-10-18-2/h3-6,15H,7-11H2,1-2H3. The average Bonchev–Trinajstić information content (AvgIpc) is 3.15. The normalized spacial score (nSPS) is 17.4. The van der Waals surface area contributed by atoms with Crippen LogP contribution in [0.5, 0.6) is 0 Å². The van der Waals surface area contributed by atoms with Gasteiger partial charge in [0.2, 0.25) is 10.0 Å². The van der Waals surface area contributed by atoms with Gasteiger partial charge in [-0.05, 0) is 43.2 Å². The molecule has 106 valence electrons. The van der Waals surface area contributed by atoms with E-state index in [9.17, 15) is 8.42 Å². The minimum Gasteiger partial charge on any atom is -0.385 e. The summed E-state index contributed by atoms with van der Waals surface area (Å²) in [6.45, 7) is 3.01. The monoisotopic (exact) mass is 283 g/mol. The van der Waals surface area contributed by atoms with Gasteiger partial charge in [0.1, 0.15) is 0 Å². The third-order valence-corrected chi connectivity index (χ3v) is 5.38. The molecule has 5 heteroatoms. The quantitative estimate of drug-likeness (QED) is 0.833. The highest BCUT2D eigenvalue weighted by Crippen LogP contribution is 2.48. The van der Waals surface area contributed by atoms with Gasteiger partial charge in [0.25, 0.3) is 0 Å². The number of hydrogen-bond donors (Lipinski definition) is 1. The Morgan fingerprint density at radius 3 is 2.58 bits per heavy atom. The lowest BCUT2D eigenvalue weighted by molar-refractivity contribution is 0.173. The zero-order chi connectivity index (χ0) is 13.9. The summed E-state index contributed by atoms with van der Waals surface area (Å²) in [6, 6.07) is 7.05. The van der Waals surface area contributed by atoms with Crippen LogP contribution < -0.4 is 4.72 Å². The maximum Gasteiger partial charge on any atom is 0.240 e. The third-order valence-electron chi connectivity index (χ3n) is 3.81. The lowest BCUT2D eigenvalue weighted by atomic mass is 10.0. The lowest BCUT2D eigenvalue weighted by Crippen LogP contribution is -2.31. The minimum atomic E-state index is -3.40. The minimum absolute atomic E-state index is 0.117. The average molecular weight is 283 g/mol. The molecule has 0 unspecified atom stereocenters. The fourth-order valence-corrected chi connectivity index (χ4v) is 3.60. The summed E-state index contributed by atoms with van der Waals surface area (Å²) in [5.74, 6) is 0. The van der Waals surface area contributed by atoms with Crippen LogP contribution in [0.3, 0.4) is 0 Å².